The number of nitrogens with one attached hydrogen (secondary N) is 2. The standard InChI is InChI=1S/C32H39N5O2S/c1-4-6-7-23(5-2)29-20-33-32(39)37(29)27-16-18-36(19-17-27)21-25-10-15-30(34-22(25)3)40-28-13-8-24(9-14-28)31(38)35-26-11-12-26/h4-10,13-15,26-27,29H,2,11-12,16-21H2,1,3H3,(H,33,39)(H,35,38)/b6-4-,23-7+. The average Bonchev–Trinajstić information content (AvgIpc) is 3.70. The van der Waals surface area contributed by atoms with E-state index >= 15 is 0 Å². The first kappa shape index (κ1) is 28.2. The molecule has 2 N–H and O–H groups in total. The second-order valence-corrected chi connectivity index (χ2v) is 11.9. The zero-order valence-corrected chi connectivity index (χ0v) is 24.3. The number of aromatic nitrogens is 1. The van der Waals surface area contributed by atoms with Gasteiger partial charge in [-0.1, -0.05) is 48.7 Å². The van der Waals surface area contributed by atoms with E-state index in [-0.39, 0.29) is 24.0 Å². The predicted molar refractivity (Wildman–Crippen MR) is 160 cm³/mol. The number of carbonyl (C=O) groups excluding carboxylic acids is 2. The molecule has 210 valence electrons. The van der Waals surface area contributed by atoms with Gasteiger partial charge >= 0.3 is 6.03 Å². The summed E-state index contributed by atoms with van der Waals surface area (Å²) in [5.41, 5.74) is 4.05. The highest BCUT2D eigenvalue weighted by Crippen LogP contribution is 2.29. The number of likely N-dealkylation sites (tertiary alicyclic amines) is 1. The fourth-order valence-electron chi connectivity index (χ4n) is 5.42. The normalized spacial score (nSPS) is 20.6. The van der Waals surface area contributed by atoms with Gasteiger partial charge in [-0.05, 0) is 81.0 Å². The summed E-state index contributed by atoms with van der Waals surface area (Å²) in [6.07, 6.45) is 12.0. The molecule has 0 bridgehead atoms. The van der Waals surface area contributed by atoms with Crippen LogP contribution in [0.3, 0.4) is 0 Å². The molecule has 2 aromatic rings. The van der Waals surface area contributed by atoms with Crippen LogP contribution < -0.4 is 10.6 Å². The molecular formula is C32H39N5O2S. The molecule has 1 saturated carbocycles. The molecule has 2 saturated heterocycles. The van der Waals surface area contributed by atoms with Gasteiger partial charge in [0.1, 0.15) is 5.03 Å². The molecule has 3 fully saturated rings. The molecule has 8 heteroatoms. The van der Waals surface area contributed by atoms with E-state index in [0.717, 1.165) is 66.5 Å². The van der Waals surface area contributed by atoms with E-state index in [0.29, 0.717) is 18.2 Å². The zero-order chi connectivity index (χ0) is 28.1. The molecule has 3 amide bonds. The Hall–Kier alpha value is -3.36. The van der Waals surface area contributed by atoms with Crippen LogP contribution in [0.1, 0.15) is 54.2 Å². The van der Waals surface area contributed by atoms with Gasteiger partial charge in [0.05, 0.1) is 6.04 Å². The van der Waals surface area contributed by atoms with Crippen molar-refractivity contribution in [2.45, 2.75) is 74.1 Å². The molecule has 0 spiro atoms. The Morgan fingerprint density at radius 1 is 1.15 bits per heavy atom. The Balaban J connectivity index is 1.14. The lowest BCUT2D eigenvalue weighted by atomic mass is 9.98. The van der Waals surface area contributed by atoms with Gasteiger partial charge in [-0.15, -0.1) is 0 Å². The first-order valence-corrected chi connectivity index (χ1v) is 15.1. The van der Waals surface area contributed by atoms with Crippen LogP contribution in [0.2, 0.25) is 0 Å². The molecule has 40 heavy (non-hydrogen) atoms. The van der Waals surface area contributed by atoms with E-state index in [9.17, 15) is 9.59 Å². The quantitative estimate of drug-likeness (QED) is 0.379. The number of aryl methyl sites for hydroxylation is 1. The lowest BCUT2D eigenvalue weighted by Gasteiger charge is -2.39. The lowest BCUT2D eigenvalue weighted by molar-refractivity contribution is 0.0951. The smallest absolute Gasteiger partial charge is 0.318 e. The topological polar surface area (TPSA) is 77.6 Å². The predicted octanol–water partition coefficient (Wildman–Crippen LogP) is 5.48. The summed E-state index contributed by atoms with van der Waals surface area (Å²) in [6, 6.07) is 12.7. The SMILES string of the molecule is C=C/C(=C\C=C/C)C1CNC(=O)N1C1CCN(Cc2ccc(Sc3ccc(C(=O)NC4CC4)cc3)nc2C)CC1. The van der Waals surface area contributed by atoms with Crippen LogP contribution in [-0.2, 0) is 6.54 Å². The van der Waals surface area contributed by atoms with Crippen molar-refractivity contribution in [3.63, 3.8) is 0 Å². The van der Waals surface area contributed by atoms with Crippen LogP contribution >= 0.6 is 11.8 Å². The number of carbonyl (C=O) groups is 2. The Morgan fingerprint density at radius 3 is 2.55 bits per heavy atom. The minimum absolute atomic E-state index is 0.00710. The van der Waals surface area contributed by atoms with Gasteiger partial charge in [0, 0.05) is 54.4 Å². The van der Waals surface area contributed by atoms with Crippen LogP contribution in [0.4, 0.5) is 4.79 Å². The van der Waals surface area contributed by atoms with Crippen molar-refractivity contribution in [3.05, 3.63) is 89.7 Å². The molecule has 1 aromatic heterocycles. The van der Waals surface area contributed by atoms with Gasteiger partial charge < -0.3 is 15.5 Å². The number of amides is 3. The molecule has 7 nitrogen and oxygen atoms in total. The van der Waals surface area contributed by atoms with Crippen LogP contribution in [0.15, 0.2) is 82.8 Å². The molecule has 3 heterocycles. The highest BCUT2D eigenvalue weighted by atomic mass is 32.2. The molecule has 0 radical (unpaired) electrons. The van der Waals surface area contributed by atoms with E-state index in [1.807, 2.05) is 54.3 Å². The second kappa shape index (κ2) is 12.9. The van der Waals surface area contributed by atoms with Crippen LogP contribution in [0, 0.1) is 6.92 Å². The zero-order valence-electron chi connectivity index (χ0n) is 23.4. The van der Waals surface area contributed by atoms with Crippen LogP contribution in [0.25, 0.3) is 0 Å². The van der Waals surface area contributed by atoms with Crippen molar-refractivity contribution in [1.29, 1.82) is 0 Å². The van der Waals surface area contributed by atoms with Crippen LogP contribution in [-0.4, -0.2) is 64.5 Å². The average molecular weight is 558 g/mol. The Morgan fingerprint density at radius 2 is 1.90 bits per heavy atom. The summed E-state index contributed by atoms with van der Waals surface area (Å²) in [4.78, 5) is 35.4. The molecule has 3 aliphatic rings. The maximum Gasteiger partial charge on any atom is 0.318 e. The van der Waals surface area contributed by atoms with Crippen molar-refractivity contribution in [1.82, 2.24) is 25.4 Å². The number of urea groups is 1. The molecule has 1 atom stereocenters. The fraction of sp³-hybridized carbons (Fsp3) is 0.406. The number of pyridine rings is 1. The van der Waals surface area contributed by atoms with Gasteiger partial charge in [0.25, 0.3) is 5.91 Å². The van der Waals surface area contributed by atoms with E-state index in [2.05, 4.69) is 47.2 Å². The van der Waals surface area contributed by atoms with Gasteiger partial charge in [0.2, 0.25) is 0 Å². The highest BCUT2D eigenvalue weighted by Gasteiger charge is 2.38. The van der Waals surface area contributed by atoms with Crippen molar-refractivity contribution in [3.8, 4) is 0 Å². The van der Waals surface area contributed by atoms with E-state index in [4.69, 9.17) is 4.98 Å². The van der Waals surface area contributed by atoms with Crippen molar-refractivity contribution < 1.29 is 9.59 Å². The molecule has 5 rings (SSSR count). The number of allylic oxidation sites excluding steroid dienone is 3. The number of benzene rings is 1. The van der Waals surface area contributed by atoms with E-state index in [1.54, 1.807) is 11.8 Å². The highest BCUT2D eigenvalue weighted by molar-refractivity contribution is 7.99. The number of hydrogen-bond acceptors (Lipinski definition) is 5. The van der Waals surface area contributed by atoms with Gasteiger partial charge in [0.15, 0.2) is 0 Å². The third kappa shape index (κ3) is 6.85. The van der Waals surface area contributed by atoms with E-state index in [1.165, 1.54) is 5.56 Å². The minimum atomic E-state index is 0.00710. The minimum Gasteiger partial charge on any atom is -0.349 e. The molecule has 1 aromatic carbocycles. The van der Waals surface area contributed by atoms with Crippen molar-refractivity contribution in [2.75, 3.05) is 19.6 Å². The maximum absolute atomic E-state index is 12.7. The van der Waals surface area contributed by atoms with Gasteiger partial charge in [-0.3, -0.25) is 9.69 Å². The van der Waals surface area contributed by atoms with Gasteiger partial charge in [-0.25, -0.2) is 9.78 Å². The largest absolute Gasteiger partial charge is 0.349 e. The number of piperidine rings is 1. The second-order valence-electron chi connectivity index (χ2n) is 10.8. The van der Waals surface area contributed by atoms with Crippen LogP contribution in [0.5, 0.6) is 0 Å². The first-order chi connectivity index (χ1) is 19.4. The number of rotatable bonds is 10. The number of hydrogen-bond donors (Lipinski definition) is 2. The molecule has 1 aliphatic carbocycles. The third-order valence-electron chi connectivity index (χ3n) is 7.88. The van der Waals surface area contributed by atoms with E-state index < -0.39 is 0 Å². The third-order valence-corrected chi connectivity index (χ3v) is 8.83. The molecule has 1 unspecified atom stereocenters. The lowest BCUT2D eigenvalue weighted by Crippen LogP contribution is -2.49. The Bertz CT molecular complexity index is 1290. The first-order valence-electron chi connectivity index (χ1n) is 14.2. The molecular weight excluding hydrogens is 518 g/mol. The monoisotopic (exact) mass is 557 g/mol. The summed E-state index contributed by atoms with van der Waals surface area (Å²) >= 11 is 1.61. The van der Waals surface area contributed by atoms with Crippen molar-refractivity contribution >= 4 is 23.7 Å². The summed E-state index contributed by atoms with van der Waals surface area (Å²) in [5.74, 6) is 0.00710. The fourth-order valence-corrected chi connectivity index (χ4v) is 6.25. The molecule has 2 aliphatic heterocycles. The summed E-state index contributed by atoms with van der Waals surface area (Å²) < 4.78 is 0. The maximum atomic E-state index is 12.7. The summed E-state index contributed by atoms with van der Waals surface area (Å²) in [5, 5.41) is 7.02. The summed E-state index contributed by atoms with van der Waals surface area (Å²) in [7, 11) is 0. The Kier molecular flexibility index (Phi) is 9.07. The summed E-state index contributed by atoms with van der Waals surface area (Å²) in [6.45, 7) is 11.4. The number of nitrogens with zero attached hydrogens (tertiary/aromatic N) is 3. The van der Waals surface area contributed by atoms with Gasteiger partial charge in [-0.2, -0.15) is 0 Å². The Labute approximate surface area is 241 Å². The van der Waals surface area contributed by atoms with Crippen molar-refractivity contribution in [2.24, 2.45) is 0 Å².